The smallest absolute Gasteiger partial charge is 0.409 e. The van der Waals surface area contributed by atoms with Gasteiger partial charge in [0.05, 0.1) is 12.3 Å². The molecule has 1 saturated heterocycles. The van der Waals surface area contributed by atoms with Crippen LogP contribution in [-0.2, 0) is 17.7 Å². The quantitative estimate of drug-likeness (QED) is 0.837. The van der Waals surface area contributed by atoms with Gasteiger partial charge in [-0.15, -0.1) is 0 Å². The van der Waals surface area contributed by atoms with E-state index in [2.05, 4.69) is 15.6 Å². The summed E-state index contributed by atoms with van der Waals surface area (Å²) in [4.78, 5) is 27.4. The molecule has 1 fully saturated rings. The zero-order chi connectivity index (χ0) is 19.3. The molecule has 0 unspecified atom stereocenters. The summed E-state index contributed by atoms with van der Waals surface area (Å²) < 4.78 is 5.11. The molecule has 0 spiro atoms. The number of amides is 1. The van der Waals surface area contributed by atoms with E-state index in [1.165, 1.54) is 5.56 Å². The molecule has 1 amide bonds. The normalized spacial score (nSPS) is 17.1. The molecule has 0 aliphatic carbocycles. The van der Waals surface area contributed by atoms with Crippen molar-refractivity contribution >= 4 is 11.9 Å². The standard InChI is InChI=1S/C20H26N6O2/c1-2-28-20(27)26-11-6-15(7-12-26)23-19-16-5-10-22-13-17(16)24-18(25-19)14-3-8-21-9-4-14/h3-4,8-9,15,22H,2,5-7,10-13H2,1H3,(H,23,24,25). The van der Waals surface area contributed by atoms with Crippen molar-refractivity contribution in [1.82, 2.24) is 25.2 Å². The molecule has 0 saturated carbocycles. The molecule has 2 aliphatic rings. The van der Waals surface area contributed by atoms with Crippen LogP contribution >= 0.6 is 0 Å². The molecule has 4 rings (SSSR count). The lowest BCUT2D eigenvalue weighted by molar-refractivity contribution is 0.0983. The first kappa shape index (κ1) is 18.6. The number of fused-ring (bicyclic) bond motifs is 1. The third-order valence-corrected chi connectivity index (χ3v) is 5.24. The van der Waals surface area contributed by atoms with E-state index in [1.54, 1.807) is 17.3 Å². The van der Waals surface area contributed by atoms with Gasteiger partial charge in [0, 0.05) is 49.2 Å². The van der Waals surface area contributed by atoms with E-state index in [0.717, 1.165) is 55.3 Å². The highest BCUT2D eigenvalue weighted by Crippen LogP contribution is 2.26. The average molecular weight is 382 g/mol. The molecule has 4 heterocycles. The summed E-state index contributed by atoms with van der Waals surface area (Å²) in [7, 11) is 0. The lowest BCUT2D eigenvalue weighted by atomic mass is 10.0. The minimum Gasteiger partial charge on any atom is -0.450 e. The number of hydrogen-bond acceptors (Lipinski definition) is 7. The largest absolute Gasteiger partial charge is 0.450 e. The maximum atomic E-state index is 11.9. The maximum absolute atomic E-state index is 11.9. The Morgan fingerprint density at radius 3 is 2.82 bits per heavy atom. The van der Waals surface area contributed by atoms with E-state index in [9.17, 15) is 4.79 Å². The van der Waals surface area contributed by atoms with E-state index in [-0.39, 0.29) is 12.1 Å². The summed E-state index contributed by atoms with van der Waals surface area (Å²) in [6.07, 6.45) is 5.96. The molecule has 2 aromatic rings. The number of pyridine rings is 1. The zero-order valence-electron chi connectivity index (χ0n) is 16.1. The Hall–Kier alpha value is -2.74. The number of ether oxygens (including phenoxy) is 1. The molecule has 0 aromatic carbocycles. The van der Waals surface area contributed by atoms with Gasteiger partial charge in [0.15, 0.2) is 5.82 Å². The third-order valence-electron chi connectivity index (χ3n) is 5.24. The Kier molecular flexibility index (Phi) is 5.66. The van der Waals surface area contributed by atoms with Crippen LogP contribution in [-0.4, -0.2) is 58.2 Å². The minimum absolute atomic E-state index is 0.216. The molecule has 148 valence electrons. The van der Waals surface area contributed by atoms with Gasteiger partial charge in [-0.3, -0.25) is 4.98 Å². The van der Waals surface area contributed by atoms with E-state index >= 15 is 0 Å². The lowest BCUT2D eigenvalue weighted by Crippen LogP contribution is -2.43. The molecule has 0 radical (unpaired) electrons. The van der Waals surface area contributed by atoms with Crippen molar-refractivity contribution in [3.8, 4) is 11.4 Å². The van der Waals surface area contributed by atoms with E-state index in [1.807, 2.05) is 19.1 Å². The Bertz CT molecular complexity index is 821. The van der Waals surface area contributed by atoms with Crippen molar-refractivity contribution in [1.29, 1.82) is 0 Å². The summed E-state index contributed by atoms with van der Waals surface area (Å²) in [6, 6.07) is 4.14. The fourth-order valence-corrected chi connectivity index (χ4v) is 3.72. The van der Waals surface area contributed by atoms with Crippen LogP contribution in [0.25, 0.3) is 11.4 Å². The average Bonchev–Trinajstić information content (AvgIpc) is 2.75. The predicted octanol–water partition coefficient (Wildman–Crippen LogP) is 2.22. The fraction of sp³-hybridized carbons (Fsp3) is 0.500. The molecular formula is C20H26N6O2. The number of likely N-dealkylation sites (tertiary alicyclic amines) is 1. The minimum atomic E-state index is -0.216. The van der Waals surface area contributed by atoms with E-state index in [4.69, 9.17) is 14.7 Å². The number of hydrogen-bond donors (Lipinski definition) is 2. The maximum Gasteiger partial charge on any atom is 0.409 e. The molecule has 0 bridgehead atoms. The van der Waals surface area contributed by atoms with Gasteiger partial charge < -0.3 is 20.3 Å². The van der Waals surface area contributed by atoms with Crippen molar-refractivity contribution in [2.75, 3.05) is 31.6 Å². The Morgan fingerprint density at radius 1 is 1.29 bits per heavy atom. The number of carbonyl (C=O) groups excluding carboxylic acids is 1. The van der Waals surface area contributed by atoms with Gasteiger partial charge in [-0.1, -0.05) is 0 Å². The van der Waals surface area contributed by atoms with Gasteiger partial charge in [-0.2, -0.15) is 0 Å². The number of carbonyl (C=O) groups is 1. The van der Waals surface area contributed by atoms with Gasteiger partial charge in [0.25, 0.3) is 0 Å². The first-order valence-electron chi connectivity index (χ1n) is 9.93. The van der Waals surface area contributed by atoms with Crippen LogP contribution in [0.4, 0.5) is 10.6 Å². The van der Waals surface area contributed by atoms with Crippen LogP contribution in [0, 0.1) is 0 Å². The number of anilines is 1. The lowest BCUT2D eigenvalue weighted by Gasteiger charge is -2.32. The molecule has 2 N–H and O–H groups in total. The van der Waals surface area contributed by atoms with E-state index < -0.39 is 0 Å². The summed E-state index contributed by atoms with van der Waals surface area (Å²) in [5.41, 5.74) is 3.22. The second-order valence-electron chi connectivity index (χ2n) is 7.09. The number of rotatable bonds is 4. The molecule has 8 heteroatoms. The van der Waals surface area contributed by atoms with Crippen LogP contribution in [0.2, 0.25) is 0 Å². The summed E-state index contributed by atoms with van der Waals surface area (Å²) in [5, 5.41) is 7.03. The third kappa shape index (κ3) is 4.06. The Labute approximate surface area is 164 Å². The SMILES string of the molecule is CCOC(=O)N1CCC(Nc2nc(-c3ccncc3)nc3c2CCNC3)CC1. The number of aromatic nitrogens is 3. The fourth-order valence-electron chi connectivity index (χ4n) is 3.72. The van der Waals surface area contributed by atoms with Crippen molar-refractivity contribution in [2.45, 2.75) is 38.8 Å². The summed E-state index contributed by atoms with van der Waals surface area (Å²) in [5.74, 6) is 1.64. The van der Waals surface area contributed by atoms with Crippen molar-refractivity contribution in [2.24, 2.45) is 0 Å². The van der Waals surface area contributed by atoms with Crippen LogP contribution in [0.1, 0.15) is 31.0 Å². The van der Waals surface area contributed by atoms with Crippen LogP contribution in [0.15, 0.2) is 24.5 Å². The topological polar surface area (TPSA) is 92.3 Å². The number of piperidine rings is 1. The Morgan fingerprint density at radius 2 is 2.07 bits per heavy atom. The first-order chi connectivity index (χ1) is 13.7. The number of nitrogens with one attached hydrogen (secondary N) is 2. The molecular weight excluding hydrogens is 356 g/mol. The molecule has 2 aromatic heterocycles. The van der Waals surface area contributed by atoms with Crippen LogP contribution in [0.5, 0.6) is 0 Å². The van der Waals surface area contributed by atoms with E-state index in [0.29, 0.717) is 19.7 Å². The summed E-state index contributed by atoms with van der Waals surface area (Å²) in [6.45, 7) is 5.33. The highest BCUT2D eigenvalue weighted by molar-refractivity contribution is 5.67. The highest BCUT2D eigenvalue weighted by Gasteiger charge is 2.26. The van der Waals surface area contributed by atoms with Gasteiger partial charge >= 0.3 is 6.09 Å². The van der Waals surface area contributed by atoms with Crippen LogP contribution < -0.4 is 10.6 Å². The van der Waals surface area contributed by atoms with Gasteiger partial charge in [0.2, 0.25) is 0 Å². The second kappa shape index (κ2) is 8.52. The van der Waals surface area contributed by atoms with Gasteiger partial charge in [0.1, 0.15) is 5.82 Å². The predicted molar refractivity (Wildman–Crippen MR) is 106 cm³/mol. The number of nitrogens with zero attached hydrogens (tertiary/aromatic N) is 4. The molecule has 2 aliphatic heterocycles. The monoisotopic (exact) mass is 382 g/mol. The second-order valence-corrected chi connectivity index (χ2v) is 7.09. The molecule has 28 heavy (non-hydrogen) atoms. The molecule has 0 atom stereocenters. The van der Waals surface area contributed by atoms with Crippen molar-refractivity contribution < 1.29 is 9.53 Å². The summed E-state index contributed by atoms with van der Waals surface area (Å²) >= 11 is 0. The molecule has 8 nitrogen and oxygen atoms in total. The van der Waals surface area contributed by atoms with Gasteiger partial charge in [-0.25, -0.2) is 14.8 Å². The van der Waals surface area contributed by atoms with Crippen molar-refractivity contribution in [3.05, 3.63) is 35.8 Å². The van der Waals surface area contributed by atoms with Crippen molar-refractivity contribution in [3.63, 3.8) is 0 Å². The Balaban J connectivity index is 1.52. The van der Waals surface area contributed by atoms with Gasteiger partial charge in [-0.05, 0) is 44.9 Å². The zero-order valence-corrected chi connectivity index (χ0v) is 16.1. The first-order valence-corrected chi connectivity index (χ1v) is 9.93. The highest BCUT2D eigenvalue weighted by atomic mass is 16.6. The van der Waals surface area contributed by atoms with Crippen LogP contribution in [0.3, 0.4) is 0 Å².